The molecule has 1 rings (SSSR count). The highest BCUT2D eigenvalue weighted by Crippen LogP contribution is 2.14. The number of rotatable bonds is 9. The summed E-state index contributed by atoms with van der Waals surface area (Å²) in [5.74, 6) is -0.0100. The predicted molar refractivity (Wildman–Crippen MR) is 90.9 cm³/mol. The maximum atomic E-state index is 11.9. The molecule has 0 heterocycles. The molecule has 0 aromatic heterocycles. The number of benzene rings is 1. The summed E-state index contributed by atoms with van der Waals surface area (Å²) in [5, 5.41) is 6.39. The van der Waals surface area contributed by atoms with E-state index in [1.54, 1.807) is 0 Å². The van der Waals surface area contributed by atoms with Crippen LogP contribution in [0.5, 0.6) is 0 Å². The van der Waals surface area contributed by atoms with Crippen molar-refractivity contribution in [2.45, 2.75) is 71.9 Å². The number of hydrogen-bond donors (Lipinski definition) is 2. The lowest BCUT2D eigenvalue weighted by Gasteiger charge is -2.15. The van der Waals surface area contributed by atoms with Gasteiger partial charge < -0.3 is 10.6 Å². The molecule has 0 saturated heterocycles. The molecule has 0 fully saturated rings. The Hall–Kier alpha value is -1.51. The molecule has 0 radical (unpaired) electrons. The van der Waals surface area contributed by atoms with Gasteiger partial charge in [-0.3, -0.25) is 4.79 Å². The SMILES string of the molecule is CCCCCCC(C)Nc1ccc(C(=O)NC(C)C)cc1. The van der Waals surface area contributed by atoms with Crippen molar-refractivity contribution in [3.8, 4) is 0 Å². The topological polar surface area (TPSA) is 41.1 Å². The zero-order chi connectivity index (χ0) is 15.7. The van der Waals surface area contributed by atoms with Crippen LogP contribution in [-0.4, -0.2) is 18.0 Å². The van der Waals surface area contributed by atoms with Gasteiger partial charge in [0.2, 0.25) is 0 Å². The second-order valence-corrected chi connectivity index (χ2v) is 6.10. The van der Waals surface area contributed by atoms with Gasteiger partial charge in [0, 0.05) is 23.3 Å². The van der Waals surface area contributed by atoms with E-state index in [-0.39, 0.29) is 11.9 Å². The van der Waals surface area contributed by atoms with Crippen molar-refractivity contribution in [3.63, 3.8) is 0 Å². The second-order valence-electron chi connectivity index (χ2n) is 6.10. The lowest BCUT2D eigenvalue weighted by molar-refractivity contribution is 0.0943. The zero-order valence-electron chi connectivity index (χ0n) is 13.9. The molecule has 0 bridgehead atoms. The van der Waals surface area contributed by atoms with Crippen molar-refractivity contribution in [1.82, 2.24) is 5.32 Å². The lowest BCUT2D eigenvalue weighted by Crippen LogP contribution is -2.30. The molecule has 0 saturated carbocycles. The highest BCUT2D eigenvalue weighted by Gasteiger charge is 2.07. The van der Waals surface area contributed by atoms with Gasteiger partial charge in [-0.05, 0) is 51.5 Å². The van der Waals surface area contributed by atoms with Gasteiger partial charge in [-0.25, -0.2) is 0 Å². The molecular formula is C18H30N2O. The fourth-order valence-corrected chi connectivity index (χ4v) is 2.30. The van der Waals surface area contributed by atoms with Gasteiger partial charge >= 0.3 is 0 Å². The molecule has 0 aliphatic carbocycles. The Morgan fingerprint density at radius 1 is 1.05 bits per heavy atom. The van der Waals surface area contributed by atoms with Crippen LogP contribution in [0, 0.1) is 0 Å². The Morgan fingerprint density at radius 3 is 2.29 bits per heavy atom. The molecule has 2 N–H and O–H groups in total. The Bertz CT molecular complexity index is 412. The highest BCUT2D eigenvalue weighted by molar-refractivity contribution is 5.94. The predicted octanol–water partition coefficient (Wildman–Crippen LogP) is 4.60. The van der Waals surface area contributed by atoms with E-state index in [1.807, 2.05) is 38.1 Å². The smallest absolute Gasteiger partial charge is 0.251 e. The van der Waals surface area contributed by atoms with Crippen LogP contribution in [0.4, 0.5) is 5.69 Å². The molecular weight excluding hydrogens is 260 g/mol. The van der Waals surface area contributed by atoms with Gasteiger partial charge in [-0.15, -0.1) is 0 Å². The van der Waals surface area contributed by atoms with E-state index in [2.05, 4.69) is 24.5 Å². The average Bonchev–Trinajstić information content (AvgIpc) is 2.43. The fraction of sp³-hybridized carbons (Fsp3) is 0.611. The first-order chi connectivity index (χ1) is 10.0. The summed E-state index contributed by atoms with van der Waals surface area (Å²) in [7, 11) is 0. The largest absolute Gasteiger partial charge is 0.383 e. The molecule has 1 aromatic carbocycles. The molecule has 1 unspecified atom stereocenters. The summed E-state index contributed by atoms with van der Waals surface area (Å²) in [6, 6.07) is 8.36. The zero-order valence-corrected chi connectivity index (χ0v) is 13.9. The summed E-state index contributed by atoms with van der Waals surface area (Å²) in [5.41, 5.74) is 1.80. The molecule has 118 valence electrons. The summed E-state index contributed by atoms with van der Waals surface area (Å²) in [4.78, 5) is 11.9. The number of carbonyl (C=O) groups is 1. The van der Waals surface area contributed by atoms with Gasteiger partial charge in [0.05, 0.1) is 0 Å². The lowest BCUT2D eigenvalue weighted by atomic mass is 10.1. The first-order valence-electron chi connectivity index (χ1n) is 8.20. The summed E-state index contributed by atoms with van der Waals surface area (Å²) in [6.45, 7) is 8.38. The minimum Gasteiger partial charge on any atom is -0.383 e. The van der Waals surface area contributed by atoms with Crippen molar-refractivity contribution in [3.05, 3.63) is 29.8 Å². The van der Waals surface area contributed by atoms with Crippen molar-refractivity contribution < 1.29 is 4.79 Å². The van der Waals surface area contributed by atoms with Gasteiger partial charge in [-0.1, -0.05) is 32.6 Å². The first kappa shape index (κ1) is 17.5. The monoisotopic (exact) mass is 290 g/mol. The van der Waals surface area contributed by atoms with Crippen LogP contribution in [0.3, 0.4) is 0 Å². The van der Waals surface area contributed by atoms with E-state index < -0.39 is 0 Å². The number of hydrogen-bond acceptors (Lipinski definition) is 2. The van der Waals surface area contributed by atoms with E-state index in [9.17, 15) is 4.79 Å². The van der Waals surface area contributed by atoms with Crippen molar-refractivity contribution in [2.24, 2.45) is 0 Å². The number of anilines is 1. The maximum absolute atomic E-state index is 11.9. The third-order valence-electron chi connectivity index (χ3n) is 3.47. The Kier molecular flexibility index (Phi) is 7.88. The second kappa shape index (κ2) is 9.43. The van der Waals surface area contributed by atoms with Crippen molar-refractivity contribution in [2.75, 3.05) is 5.32 Å². The van der Waals surface area contributed by atoms with E-state index >= 15 is 0 Å². The molecule has 0 spiro atoms. The third kappa shape index (κ3) is 7.16. The summed E-state index contributed by atoms with van der Waals surface area (Å²) in [6.07, 6.45) is 6.39. The molecule has 1 atom stereocenters. The fourth-order valence-electron chi connectivity index (χ4n) is 2.30. The van der Waals surface area contributed by atoms with Crippen LogP contribution < -0.4 is 10.6 Å². The van der Waals surface area contributed by atoms with E-state index in [1.165, 1.54) is 32.1 Å². The Morgan fingerprint density at radius 2 is 1.71 bits per heavy atom. The van der Waals surface area contributed by atoms with E-state index in [0.29, 0.717) is 11.6 Å². The number of nitrogens with one attached hydrogen (secondary N) is 2. The highest BCUT2D eigenvalue weighted by atomic mass is 16.1. The normalized spacial score (nSPS) is 12.2. The van der Waals surface area contributed by atoms with Crippen molar-refractivity contribution in [1.29, 1.82) is 0 Å². The number of amides is 1. The Labute approximate surface area is 129 Å². The van der Waals surface area contributed by atoms with E-state index in [0.717, 1.165) is 5.69 Å². The molecule has 1 aromatic rings. The minimum atomic E-state index is -0.0100. The number of carbonyl (C=O) groups excluding carboxylic acids is 1. The van der Waals surface area contributed by atoms with Crippen LogP contribution >= 0.6 is 0 Å². The van der Waals surface area contributed by atoms with Crippen LogP contribution in [0.25, 0.3) is 0 Å². The van der Waals surface area contributed by atoms with Crippen LogP contribution in [0.15, 0.2) is 24.3 Å². The van der Waals surface area contributed by atoms with Crippen LogP contribution in [0.2, 0.25) is 0 Å². The van der Waals surface area contributed by atoms with Gasteiger partial charge in [-0.2, -0.15) is 0 Å². The first-order valence-corrected chi connectivity index (χ1v) is 8.20. The minimum absolute atomic E-state index is 0.0100. The van der Waals surface area contributed by atoms with Crippen LogP contribution in [-0.2, 0) is 0 Å². The van der Waals surface area contributed by atoms with Gasteiger partial charge in [0.1, 0.15) is 0 Å². The summed E-state index contributed by atoms with van der Waals surface area (Å²) >= 11 is 0. The molecule has 0 aliphatic rings. The summed E-state index contributed by atoms with van der Waals surface area (Å²) < 4.78 is 0. The molecule has 3 heteroatoms. The van der Waals surface area contributed by atoms with E-state index in [4.69, 9.17) is 0 Å². The van der Waals surface area contributed by atoms with Gasteiger partial charge in [0.25, 0.3) is 5.91 Å². The Balaban J connectivity index is 2.41. The third-order valence-corrected chi connectivity index (χ3v) is 3.47. The van der Waals surface area contributed by atoms with Crippen LogP contribution in [0.1, 0.15) is 70.2 Å². The van der Waals surface area contributed by atoms with Gasteiger partial charge in [0.15, 0.2) is 0 Å². The quantitative estimate of drug-likeness (QED) is 0.653. The molecule has 21 heavy (non-hydrogen) atoms. The standard InChI is InChI=1S/C18H30N2O/c1-5-6-7-8-9-15(4)20-17-12-10-16(11-13-17)18(21)19-14(2)3/h10-15,20H,5-9H2,1-4H3,(H,19,21). The average molecular weight is 290 g/mol. The molecule has 0 aliphatic heterocycles. The molecule has 1 amide bonds. The number of unbranched alkanes of at least 4 members (excludes halogenated alkanes) is 3. The molecule has 3 nitrogen and oxygen atoms in total. The maximum Gasteiger partial charge on any atom is 0.251 e. The van der Waals surface area contributed by atoms with Crippen molar-refractivity contribution >= 4 is 11.6 Å².